The van der Waals surface area contributed by atoms with Crippen LogP contribution in [0.2, 0.25) is 0 Å². The molecule has 2 aromatic heterocycles. The SMILES string of the molecule is COC(=O)c1c(C)[nH]c(C(=O)CSc2nc3ccccc3c(=O)n2Cc2ccc(C)cc2)c1C. The minimum absolute atomic E-state index is 0.0556. The number of rotatable bonds is 7. The van der Waals surface area contributed by atoms with E-state index < -0.39 is 5.97 Å². The van der Waals surface area contributed by atoms with Crippen LogP contribution in [0.3, 0.4) is 0 Å². The van der Waals surface area contributed by atoms with Crippen molar-refractivity contribution in [3.05, 3.63) is 92.5 Å². The number of ether oxygens (including phenoxy) is 1. The van der Waals surface area contributed by atoms with Gasteiger partial charge in [0.05, 0.1) is 41.6 Å². The van der Waals surface area contributed by atoms with Crippen LogP contribution in [0.4, 0.5) is 0 Å². The number of aromatic nitrogens is 3. The number of carbonyl (C=O) groups is 2. The first-order valence-corrected chi connectivity index (χ1v) is 11.8. The summed E-state index contributed by atoms with van der Waals surface area (Å²) in [5.74, 6) is -0.619. The lowest BCUT2D eigenvalue weighted by Gasteiger charge is -2.13. The topological polar surface area (TPSA) is 94.1 Å². The summed E-state index contributed by atoms with van der Waals surface area (Å²) in [6, 6.07) is 15.2. The molecule has 0 saturated carbocycles. The molecule has 0 aliphatic carbocycles. The Morgan fingerprint density at radius 3 is 2.47 bits per heavy atom. The molecule has 4 rings (SSSR count). The van der Waals surface area contributed by atoms with Gasteiger partial charge in [-0.1, -0.05) is 53.7 Å². The first-order valence-electron chi connectivity index (χ1n) is 10.8. The predicted molar refractivity (Wildman–Crippen MR) is 133 cm³/mol. The highest BCUT2D eigenvalue weighted by Crippen LogP contribution is 2.24. The predicted octanol–water partition coefficient (Wildman–Crippen LogP) is 4.46. The number of H-pyrrole nitrogens is 1. The molecule has 0 saturated heterocycles. The number of ketones is 1. The van der Waals surface area contributed by atoms with Crippen LogP contribution in [-0.2, 0) is 11.3 Å². The molecule has 7 nitrogen and oxygen atoms in total. The average Bonchev–Trinajstić information content (AvgIpc) is 3.14. The second-order valence-corrected chi connectivity index (χ2v) is 9.06. The number of nitrogens with zero attached hydrogens (tertiary/aromatic N) is 2. The first-order chi connectivity index (χ1) is 16.3. The molecule has 0 atom stereocenters. The van der Waals surface area contributed by atoms with Crippen LogP contribution in [0.25, 0.3) is 10.9 Å². The van der Waals surface area contributed by atoms with Crippen molar-refractivity contribution in [2.45, 2.75) is 32.5 Å². The van der Waals surface area contributed by atoms with E-state index >= 15 is 0 Å². The van der Waals surface area contributed by atoms with Crippen molar-refractivity contribution in [1.82, 2.24) is 14.5 Å². The number of aryl methyl sites for hydroxylation is 2. The molecule has 0 spiro atoms. The Labute approximate surface area is 201 Å². The smallest absolute Gasteiger partial charge is 0.339 e. The van der Waals surface area contributed by atoms with Crippen LogP contribution in [0.1, 0.15) is 43.2 Å². The molecule has 8 heteroatoms. The van der Waals surface area contributed by atoms with E-state index in [-0.39, 0.29) is 17.1 Å². The molecule has 0 bridgehead atoms. The summed E-state index contributed by atoms with van der Waals surface area (Å²) in [5, 5.41) is 0.996. The van der Waals surface area contributed by atoms with Crippen molar-refractivity contribution >= 4 is 34.4 Å². The summed E-state index contributed by atoms with van der Waals surface area (Å²) in [6.45, 7) is 5.81. The Morgan fingerprint density at radius 1 is 1.06 bits per heavy atom. The number of nitrogens with one attached hydrogen (secondary N) is 1. The second-order valence-electron chi connectivity index (χ2n) is 8.12. The minimum atomic E-state index is -0.485. The molecule has 0 unspecified atom stereocenters. The van der Waals surface area contributed by atoms with Crippen molar-refractivity contribution in [2.24, 2.45) is 0 Å². The van der Waals surface area contributed by atoms with E-state index in [9.17, 15) is 14.4 Å². The number of carbonyl (C=O) groups excluding carboxylic acids is 2. The fourth-order valence-electron chi connectivity index (χ4n) is 3.91. The summed E-state index contributed by atoms with van der Waals surface area (Å²) < 4.78 is 6.44. The monoisotopic (exact) mass is 475 g/mol. The van der Waals surface area contributed by atoms with Crippen LogP contribution in [0.5, 0.6) is 0 Å². The van der Waals surface area contributed by atoms with Gasteiger partial charge >= 0.3 is 5.97 Å². The summed E-state index contributed by atoms with van der Waals surface area (Å²) in [5.41, 5.74) is 4.40. The van der Waals surface area contributed by atoms with Crippen LogP contribution in [0, 0.1) is 20.8 Å². The molecule has 0 aliphatic rings. The standard InChI is InChI=1S/C26H25N3O4S/c1-15-9-11-18(12-10-15)13-29-24(31)19-7-5-6-8-20(19)28-26(29)34-14-21(30)23-16(2)22(17(3)27-23)25(32)33-4/h5-12,27H,13-14H2,1-4H3. The zero-order valence-electron chi connectivity index (χ0n) is 19.5. The van der Waals surface area contributed by atoms with Crippen LogP contribution in [0.15, 0.2) is 58.5 Å². The lowest BCUT2D eigenvalue weighted by Crippen LogP contribution is -2.24. The third kappa shape index (κ3) is 4.54. The number of Topliss-reactive ketones (excluding diaryl/α,β-unsaturated/α-hetero) is 1. The molecule has 0 amide bonds. The zero-order valence-corrected chi connectivity index (χ0v) is 20.3. The second kappa shape index (κ2) is 9.69. The van der Waals surface area contributed by atoms with Crippen molar-refractivity contribution < 1.29 is 14.3 Å². The van der Waals surface area contributed by atoms with E-state index in [1.165, 1.54) is 18.9 Å². The summed E-state index contributed by atoms with van der Waals surface area (Å²) in [4.78, 5) is 46.1. The Morgan fingerprint density at radius 2 is 1.76 bits per heavy atom. The van der Waals surface area contributed by atoms with Crippen LogP contribution < -0.4 is 5.56 Å². The number of fused-ring (bicyclic) bond motifs is 1. The van der Waals surface area contributed by atoms with Gasteiger partial charge in [0.15, 0.2) is 10.9 Å². The fraction of sp³-hybridized carbons (Fsp3) is 0.231. The number of aromatic amines is 1. The summed E-state index contributed by atoms with van der Waals surface area (Å²) >= 11 is 1.21. The van der Waals surface area contributed by atoms with Crippen molar-refractivity contribution in [3.63, 3.8) is 0 Å². The van der Waals surface area contributed by atoms with Crippen molar-refractivity contribution in [2.75, 3.05) is 12.9 Å². The zero-order chi connectivity index (χ0) is 24.4. The molecule has 0 radical (unpaired) electrons. The van der Waals surface area contributed by atoms with E-state index in [4.69, 9.17) is 9.72 Å². The number of hydrogen-bond donors (Lipinski definition) is 1. The highest BCUT2D eigenvalue weighted by molar-refractivity contribution is 7.99. The van der Waals surface area contributed by atoms with Gasteiger partial charge in [-0.15, -0.1) is 0 Å². The maximum Gasteiger partial charge on any atom is 0.339 e. The molecule has 4 aromatic rings. The van der Waals surface area contributed by atoms with Gasteiger partial charge in [0, 0.05) is 5.69 Å². The number of esters is 1. The largest absolute Gasteiger partial charge is 0.465 e. The maximum absolute atomic E-state index is 13.3. The lowest BCUT2D eigenvalue weighted by molar-refractivity contribution is 0.0599. The molecule has 2 aromatic carbocycles. The Balaban J connectivity index is 1.67. The van der Waals surface area contributed by atoms with Gasteiger partial charge in [-0.3, -0.25) is 14.2 Å². The fourth-order valence-corrected chi connectivity index (χ4v) is 4.78. The van der Waals surface area contributed by atoms with Crippen LogP contribution >= 0.6 is 11.8 Å². The van der Waals surface area contributed by atoms with Gasteiger partial charge in [-0.05, 0) is 44.0 Å². The third-order valence-electron chi connectivity index (χ3n) is 5.73. The van der Waals surface area contributed by atoms with Crippen molar-refractivity contribution in [1.29, 1.82) is 0 Å². The lowest BCUT2D eigenvalue weighted by atomic mass is 10.1. The number of hydrogen-bond acceptors (Lipinski definition) is 6. The average molecular weight is 476 g/mol. The molecule has 0 aliphatic heterocycles. The van der Waals surface area contributed by atoms with Gasteiger partial charge in [-0.2, -0.15) is 0 Å². The third-order valence-corrected chi connectivity index (χ3v) is 6.70. The Kier molecular flexibility index (Phi) is 6.70. The number of methoxy groups -OCH3 is 1. The number of thioether (sulfide) groups is 1. The van der Waals surface area contributed by atoms with Gasteiger partial charge in [0.25, 0.3) is 5.56 Å². The highest BCUT2D eigenvalue weighted by Gasteiger charge is 2.23. The Hall–Kier alpha value is -3.65. The van der Waals surface area contributed by atoms with E-state index in [1.807, 2.05) is 43.3 Å². The van der Waals surface area contributed by atoms with Gasteiger partial charge in [0.1, 0.15) is 0 Å². The summed E-state index contributed by atoms with van der Waals surface area (Å²) in [6.07, 6.45) is 0. The number of para-hydroxylation sites is 1. The molecular weight excluding hydrogens is 450 g/mol. The Bertz CT molecular complexity index is 1450. The summed E-state index contributed by atoms with van der Waals surface area (Å²) in [7, 11) is 1.31. The molecule has 174 valence electrons. The molecular formula is C26H25N3O4S. The van der Waals surface area contributed by atoms with Crippen LogP contribution in [-0.4, -0.2) is 39.2 Å². The molecule has 1 N–H and O–H groups in total. The first kappa shape index (κ1) is 23.5. The van der Waals surface area contributed by atoms with E-state index in [1.54, 1.807) is 30.5 Å². The quantitative estimate of drug-likeness (QED) is 0.184. The normalized spacial score (nSPS) is 11.1. The van der Waals surface area contributed by atoms with Gasteiger partial charge in [0.2, 0.25) is 0 Å². The maximum atomic E-state index is 13.3. The molecule has 2 heterocycles. The highest BCUT2D eigenvalue weighted by atomic mass is 32.2. The number of benzene rings is 2. The van der Waals surface area contributed by atoms with Gasteiger partial charge < -0.3 is 9.72 Å². The molecule has 0 fully saturated rings. The van der Waals surface area contributed by atoms with E-state index in [0.717, 1.165) is 11.1 Å². The van der Waals surface area contributed by atoms with Gasteiger partial charge in [-0.25, -0.2) is 9.78 Å². The van der Waals surface area contributed by atoms with E-state index in [0.29, 0.717) is 45.1 Å². The van der Waals surface area contributed by atoms with E-state index in [2.05, 4.69) is 4.98 Å². The van der Waals surface area contributed by atoms with Crippen molar-refractivity contribution in [3.8, 4) is 0 Å². The molecule has 34 heavy (non-hydrogen) atoms. The minimum Gasteiger partial charge on any atom is -0.465 e.